The minimum absolute atomic E-state index is 0.156. The van der Waals surface area contributed by atoms with Crippen LogP contribution in [-0.2, 0) is 19.2 Å². The monoisotopic (exact) mass is 484 g/mol. The van der Waals surface area contributed by atoms with E-state index >= 15 is 0 Å². The lowest BCUT2D eigenvalue weighted by molar-refractivity contribution is -0.138. The Morgan fingerprint density at radius 3 is 2.36 bits per heavy atom. The van der Waals surface area contributed by atoms with Crippen LogP contribution in [0.4, 0.5) is 5.69 Å². The molecule has 2 aliphatic heterocycles. The lowest BCUT2D eigenvalue weighted by atomic mass is 9.51. The minimum atomic E-state index is -1.07. The second kappa shape index (κ2) is 7.63. The molecule has 2 aliphatic carbocycles. The Balaban J connectivity index is 1.55. The van der Waals surface area contributed by atoms with E-state index < -0.39 is 29.1 Å². The highest BCUT2D eigenvalue weighted by atomic mass is 16.3. The number of carbonyl (C=O) groups is 4. The molecule has 6 atom stereocenters. The molecule has 36 heavy (non-hydrogen) atoms. The van der Waals surface area contributed by atoms with Crippen molar-refractivity contribution in [2.45, 2.75) is 32.6 Å². The molecule has 1 N–H and O–H groups in total. The average Bonchev–Trinajstić information content (AvgIpc) is 3.21. The SMILES string of the molecule is Cc1cc(C2C3=CCC4C(=O)N(C)C(=O)C4C3CC3C(=O)N(c4ccccc4)C(=O)C32C)ccc1O. The summed E-state index contributed by atoms with van der Waals surface area (Å²) in [5.74, 6) is -3.11. The summed E-state index contributed by atoms with van der Waals surface area (Å²) >= 11 is 0. The van der Waals surface area contributed by atoms with Gasteiger partial charge in [-0.1, -0.05) is 42.0 Å². The number of amides is 4. The fraction of sp³-hybridized carbons (Fsp3) is 0.379. The number of likely N-dealkylation sites (tertiary alicyclic amines) is 1. The van der Waals surface area contributed by atoms with Gasteiger partial charge >= 0.3 is 0 Å². The summed E-state index contributed by atoms with van der Waals surface area (Å²) in [5.41, 5.74) is 1.92. The number of carbonyl (C=O) groups excluding carboxylic acids is 4. The fourth-order valence-electron chi connectivity index (χ4n) is 7.23. The van der Waals surface area contributed by atoms with E-state index in [-0.39, 0.29) is 35.3 Å². The quantitative estimate of drug-likeness (QED) is 0.520. The molecule has 7 heteroatoms. The number of fused-ring (bicyclic) bond motifs is 4. The van der Waals surface area contributed by atoms with Crippen molar-refractivity contribution in [3.63, 3.8) is 0 Å². The van der Waals surface area contributed by atoms with Gasteiger partial charge in [-0.3, -0.25) is 24.1 Å². The lowest BCUT2D eigenvalue weighted by Crippen LogP contribution is -2.48. The van der Waals surface area contributed by atoms with Gasteiger partial charge in [0.2, 0.25) is 23.6 Å². The first-order valence-electron chi connectivity index (χ1n) is 12.4. The van der Waals surface area contributed by atoms with Gasteiger partial charge in [0.05, 0.1) is 28.9 Å². The van der Waals surface area contributed by atoms with Crippen molar-refractivity contribution in [3.8, 4) is 5.75 Å². The van der Waals surface area contributed by atoms with Crippen molar-refractivity contribution in [1.29, 1.82) is 0 Å². The highest BCUT2D eigenvalue weighted by Crippen LogP contribution is 2.63. The predicted octanol–water partition coefficient (Wildman–Crippen LogP) is 3.56. The first-order valence-corrected chi connectivity index (χ1v) is 12.4. The van der Waals surface area contributed by atoms with Crippen molar-refractivity contribution in [3.05, 3.63) is 71.3 Å². The zero-order chi connectivity index (χ0) is 25.5. The molecule has 6 unspecified atom stereocenters. The van der Waals surface area contributed by atoms with Gasteiger partial charge in [0.1, 0.15) is 5.75 Å². The summed E-state index contributed by atoms with van der Waals surface area (Å²) < 4.78 is 0. The Hall–Kier alpha value is -3.74. The normalized spacial score (nSPS) is 33.4. The minimum Gasteiger partial charge on any atom is -0.508 e. The molecule has 1 saturated carbocycles. The number of aromatic hydroxyl groups is 1. The van der Waals surface area contributed by atoms with Crippen molar-refractivity contribution in [1.82, 2.24) is 4.90 Å². The maximum atomic E-state index is 14.2. The summed E-state index contributed by atoms with van der Waals surface area (Å²) in [4.78, 5) is 56.7. The van der Waals surface area contributed by atoms with Gasteiger partial charge in [-0.2, -0.15) is 0 Å². The van der Waals surface area contributed by atoms with E-state index in [0.29, 0.717) is 24.1 Å². The summed E-state index contributed by atoms with van der Waals surface area (Å²) in [6.45, 7) is 3.67. The lowest BCUT2D eigenvalue weighted by Gasteiger charge is -2.49. The van der Waals surface area contributed by atoms with Crippen LogP contribution in [0.1, 0.15) is 36.8 Å². The standard InChI is InChI=1S/C29H28N2O5/c1-15-13-16(9-12-22(15)32)24-18-10-11-19-23(27(35)30(3)25(19)33)20(18)14-21-26(34)31(28(36)29(21,24)2)17-7-5-4-6-8-17/h4-10,12-13,19-21,23-24,32H,11,14H2,1-3H3. The zero-order valence-electron chi connectivity index (χ0n) is 20.5. The topological polar surface area (TPSA) is 95.0 Å². The van der Waals surface area contributed by atoms with Crippen LogP contribution in [0.15, 0.2) is 60.2 Å². The third-order valence-electron chi connectivity index (χ3n) is 9.06. The van der Waals surface area contributed by atoms with Gasteiger partial charge in [-0.15, -0.1) is 0 Å². The van der Waals surface area contributed by atoms with E-state index in [4.69, 9.17) is 0 Å². The molecule has 4 amide bonds. The molecule has 2 aromatic rings. The van der Waals surface area contributed by atoms with E-state index in [2.05, 4.69) is 0 Å². The molecular formula is C29H28N2O5. The van der Waals surface area contributed by atoms with Gasteiger partial charge in [0.25, 0.3) is 0 Å². The third kappa shape index (κ3) is 2.80. The average molecular weight is 485 g/mol. The number of phenols is 1. The maximum Gasteiger partial charge on any atom is 0.241 e. The van der Waals surface area contributed by atoms with Crippen molar-refractivity contribution in [2.24, 2.45) is 29.1 Å². The van der Waals surface area contributed by atoms with Gasteiger partial charge in [-0.05, 0) is 61.9 Å². The Kier molecular flexibility index (Phi) is 4.81. The number of para-hydroxylation sites is 1. The number of hydrogen-bond donors (Lipinski definition) is 1. The van der Waals surface area contributed by atoms with Crippen molar-refractivity contribution in [2.75, 3.05) is 11.9 Å². The highest BCUT2D eigenvalue weighted by Gasteiger charge is 2.67. The number of hydrogen-bond acceptors (Lipinski definition) is 5. The number of phenolic OH excluding ortho intramolecular Hbond substituents is 1. The van der Waals surface area contributed by atoms with Crippen molar-refractivity contribution < 1.29 is 24.3 Å². The Morgan fingerprint density at radius 2 is 1.67 bits per heavy atom. The third-order valence-corrected chi connectivity index (χ3v) is 9.06. The molecule has 2 saturated heterocycles. The van der Waals surface area contributed by atoms with E-state index in [1.807, 2.05) is 25.1 Å². The molecule has 184 valence electrons. The summed E-state index contributed by atoms with van der Waals surface area (Å²) in [6.07, 6.45) is 2.82. The van der Waals surface area contributed by atoms with E-state index in [0.717, 1.165) is 11.1 Å². The summed E-state index contributed by atoms with van der Waals surface area (Å²) in [6, 6.07) is 14.2. The van der Waals surface area contributed by atoms with Crippen LogP contribution in [0.5, 0.6) is 5.75 Å². The summed E-state index contributed by atoms with van der Waals surface area (Å²) in [5, 5.41) is 10.2. The number of anilines is 1. The van der Waals surface area contributed by atoms with Crippen LogP contribution in [0.2, 0.25) is 0 Å². The smallest absolute Gasteiger partial charge is 0.241 e. The zero-order valence-corrected chi connectivity index (χ0v) is 20.5. The van der Waals surface area contributed by atoms with Crippen LogP contribution >= 0.6 is 0 Å². The number of allylic oxidation sites excluding steroid dienone is 2. The number of imide groups is 2. The van der Waals surface area contributed by atoms with Crippen LogP contribution in [-0.4, -0.2) is 40.7 Å². The second-order valence-corrected chi connectivity index (χ2v) is 10.8. The molecule has 3 fully saturated rings. The maximum absolute atomic E-state index is 14.2. The molecular weight excluding hydrogens is 456 g/mol. The van der Waals surface area contributed by atoms with Gasteiger partial charge in [0.15, 0.2) is 0 Å². The predicted molar refractivity (Wildman–Crippen MR) is 132 cm³/mol. The molecule has 7 nitrogen and oxygen atoms in total. The van der Waals surface area contributed by atoms with Crippen LogP contribution in [0.3, 0.4) is 0 Å². The molecule has 4 aliphatic rings. The van der Waals surface area contributed by atoms with E-state index in [1.54, 1.807) is 43.3 Å². The Bertz CT molecular complexity index is 1360. The fourth-order valence-corrected chi connectivity index (χ4v) is 7.23. The van der Waals surface area contributed by atoms with Gasteiger partial charge in [-0.25, -0.2) is 4.90 Å². The molecule has 6 rings (SSSR count). The number of benzene rings is 2. The van der Waals surface area contributed by atoms with Gasteiger partial charge in [0, 0.05) is 13.0 Å². The van der Waals surface area contributed by atoms with E-state index in [1.165, 1.54) is 16.8 Å². The second-order valence-electron chi connectivity index (χ2n) is 10.8. The first kappa shape index (κ1) is 22.7. The van der Waals surface area contributed by atoms with E-state index in [9.17, 15) is 24.3 Å². The number of nitrogens with zero attached hydrogens (tertiary/aromatic N) is 2. The Labute approximate surface area is 209 Å². The molecule has 0 radical (unpaired) electrons. The number of aryl methyl sites for hydroxylation is 1. The molecule has 0 bridgehead atoms. The molecule has 0 aromatic heterocycles. The Morgan fingerprint density at radius 1 is 0.944 bits per heavy atom. The van der Waals surface area contributed by atoms with Gasteiger partial charge < -0.3 is 5.11 Å². The number of rotatable bonds is 2. The van der Waals surface area contributed by atoms with Crippen LogP contribution < -0.4 is 4.90 Å². The first-order chi connectivity index (χ1) is 17.2. The summed E-state index contributed by atoms with van der Waals surface area (Å²) in [7, 11) is 1.53. The van der Waals surface area contributed by atoms with Crippen molar-refractivity contribution >= 4 is 29.3 Å². The van der Waals surface area contributed by atoms with Crippen LogP contribution in [0.25, 0.3) is 0 Å². The molecule has 2 heterocycles. The molecule has 0 spiro atoms. The highest BCUT2D eigenvalue weighted by molar-refractivity contribution is 6.24. The molecule has 2 aromatic carbocycles. The largest absolute Gasteiger partial charge is 0.508 e. The van der Waals surface area contributed by atoms with Crippen LogP contribution in [0, 0.1) is 36.0 Å².